The molecule has 0 aliphatic carbocycles. The summed E-state index contributed by atoms with van der Waals surface area (Å²) in [5.74, 6) is -0.0476. The number of nitrogens with zero attached hydrogens (tertiary/aromatic N) is 2. The Morgan fingerprint density at radius 1 is 1.25 bits per heavy atom. The second-order valence-corrected chi connectivity index (χ2v) is 9.40. The summed E-state index contributed by atoms with van der Waals surface area (Å²) >= 11 is 5.94. The molecule has 6 nitrogen and oxygen atoms in total. The number of piperidine rings is 1. The van der Waals surface area contributed by atoms with Crippen molar-refractivity contribution in [3.05, 3.63) is 64.4 Å². The zero-order valence-electron chi connectivity index (χ0n) is 15.8. The van der Waals surface area contributed by atoms with Crippen molar-refractivity contribution >= 4 is 27.5 Å². The Labute approximate surface area is 171 Å². The number of carbonyl (C=O) groups is 1. The Hall–Kier alpha value is -1.96. The fourth-order valence-corrected chi connectivity index (χ4v) is 3.90. The minimum absolute atomic E-state index is 0.154. The Balaban J connectivity index is 1.65. The summed E-state index contributed by atoms with van der Waals surface area (Å²) in [5, 5.41) is 0.711. The monoisotopic (exact) mass is 421 g/mol. The quantitative estimate of drug-likeness (QED) is 0.777. The lowest BCUT2D eigenvalue weighted by molar-refractivity contribution is -0.131. The van der Waals surface area contributed by atoms with Crippen LogP contribution in [0.1, 0.15) is 35.7 Å². The van der Waals surface area contributed by atoms with E-state index in [2.05, 4.69) is 4.72 Å². The number of benzene rings is 1. The van der Waals surface area contributed by atoms with Gasteiger partial charge in [-0.2, -0.15) is 0 Å². The van der Waals surface area contributed by atoms with E-state index in [-0.39, 0.29) is 18.4 Å². The number of amides is 1. The maximum absolute atomic E-state index is 12.3. The predicted octanol–water partition coefficient (Wildman–Crippen LogP) is 2.58. The highest BCUT2D eigenvalue weighted by molar-refractivity contribution is 7.88. The van der Waals surface area contributed by atoms with Crippen molar-refractivity contribution in [3.8, 4) is 0 Å². The summed E-state index contributed by atoms with van der Waals surface area (Å²) in [7, 11) is -3.38. The molecule has 1 aromatic heterocycles. The largest absolute Gasteiger partial charge is 0.341 e. The smallest absolute Gasteiger partial charge is 0.237 e. The maximum atomic E-state index is 12.3. The van der Waals surface area contributed by atoms with E-state index >= 15 is 0 Å². The standard InChI is InChI=1S/C20H24ClN3O3S/c1-28(26,27)22-13-20(25)24-11-3-4-16(14-24)19-6-2-5-18(23-19)12-15-7-9-17(21)10-8-15/h2,5-10,16,22H,3-4,11-14H2,1H3. The second-order valence-electron chi connectivity index (χ2n) is 7.13. The van der Waals surface area contributed by atoms with Gasteiger partial charge in [0.25, 0.3) is 0 Å². The van der Waals surface area contributed by atoms with Crippen LogP contribution >= 0.6 is 11.6 Å². The van der Waals surface area contributed by atoms with Crippen molar-refractivity contribution in [2.24, 2.45) is 0 Å². The van der Waals surface area contributed by atoms with E-state index in [1.54, 1.807) is 4.90 Å². The highest BCUT2D eigenvalue weighted by atomic mass is 35.5. The van der Waals surface area contributed by atoms with Crippen LogP contribution in [0.25, 0.3) is 0 Å². The van der Waals surface area contributed by atoms with Crippen molar-refractivity contribution in [1.82, 2.24) is 14.6 Å². The zero-order valence-corrected chi connectivity index (χ0v) is 17.3. The zero-order chi connectivity index (χ0) is 20.1. The first-order chi connectivity index (χ1) is 13.3. The van der Waals surface area contributed by atoms with E-state index in [9.17, 15) is 13.2 Å². The second kappa shape index (κ2) is 9.03. The molecule has 1 aliphatic heterocycles. The highest BCUT2D eigenvalue weighted by Gasteiger charge is 2.26. The van der Waals surface area contributed by atoms with Crippen molar-refractivity contribution in [1.29, 1.82) is 0 Å². The lowest BCUT2D eigenvalue weighted by Crippen LogP contribution is -2.44. The van der Waals surface area contributed by atoms with Gasteiger partial charge in [-0.15, -0.1) is 0 Å². The van der Waals surface area contributed by atoms with Gasteiger partial charge in [-0.1, -0.05) is 29.8 Å². The molecule has 0 spiro atoms. The first-order valence-corrected chi connectivity index (χ1v) is 11.5. The van der Waals surface area contributed by atoms with Crippen LogP contribution in [0, 0.1) is 0 Å². The third kappa shape index (κ3) is 6.02. The third-order valence-electron chi connectivity index (χ3n) is 4.80. The molecule has 0 saturated carbocycles. The summed E-state index contributed by atoms with van der Waals surface area (Å²) in [4.78, 5) is 18.9. The maximum Gasteiger partial charge on any atom is 0.237 e. The van der Waals surface area contributed by atoms with E-state index in [0.29, 0.717) is 18.1 Å². The summed E-state index contributed by atoms with van der Waals surface area (Å²) in [6.45, 7) is 1.00. The van der Waals surface area contributed by atoms with Gasteiger partial charge in [-0.3, -0.25) is 9.78 Å². The lowest BCUT2D eigenvalue weighted by atomic mass is 9.93. The number of sulfonamides is 1. The van der Waals surface area contributed by atoms with Crippen LogP contribution in [0.3, 0.4) is 0 Å². The third-order valence-corrected chi connectivity index (χ3v) is 5.73. The van der Waals surface area contributed by atoms with Gasteiger partial charge in [0.2, 0.25) is 15.9 Å². The van der Waals surface area contributed by atoms with E-state index in [0.717, 1.165) is 42.5 Å². The number of nitrogens with one attached hydrogen (secondary N) is 1. The van der Waals surface area contributed by atoms with Crippen LogP contribution in [-0.2, 0) is 21.2 Å². The number of rotatable bonds is 6. The average Bonchev–Trinajstić information content (AvgIpc) is 2.68. The molecule has 1 aliphatic rings. The van der Waals surface area contributed by atoms with Gasteiger partial charge in [0.05, 0.1) is 12.8 Å². The summed E-state index contributed by atoms with van der Waals surface area (Å²) in [6, 6.07) is 13.7. The fraction of sp³-hybridized carbons (Fsp3) is 0.400. The molecule has 2 aromatic rings. The van der Waals surface area contributed by atoms with E-state index in [4.69, 9.17) is 16.6 Å². The summed E-state index contributed by atoms with van der Waals surface area (Å²) in [6.07, 6.45) is 3.60. The molecular formula is C20H24ClN3O3S. The Bertz CT molecular complexity index is 932. The van der Waals surface area contributed by atoms with Crippen molar-refractivity contribution in [3.63, 3.8) is 0 Å². The molecule has 1 atom stereocenters. The molecule has 28 heavy (non-hydrogen) atoms. The van der Waals surface area contributed by atoms with Crippen LogP contribution in [-0.4, -0.2) is 50.1 Å². The number of likely N-dealkylation sites (tertiary alicyclic amines) is 1. The first kappa shape index (κ1) is 20.8. The highest BCUT2D eigenvalue weighted by Crippen LogP contribution is 2.26. The van der Waals surface area contributed by atoms with E-state index in [1.165, 1.54) is 0 Å². The molecule has 1 fully saturated rings. The molecule has 8 heteroatoms. The number of hydrogen-bond donors (Lipinski definition) is 1. The van der Waals surface area contributed by atoms with Crippen LogP contribution in [0.15, 0.2) is 42.5 Å². The Morgan fingerprint density at radius 3 is 2.71 bits per heavy atom. The molecule has 1 amide bonds. The molecule has 0 bridgehead atoms. The van der Waals surface area contributed by atoms with Crippen molar-refractivity contribution < 1.29 is 13.2 Å². The minimum atomic E-state index is -3.38. The fourth-order valence-electron chi connectivity index (χ4n) is 3.39. The Kier molecular flexibility index (Phi) is 6.69. The molecular weight excluding hydrogens is 398 g/mol. The lowest BCUT2D eigenvalue weighted by Gasteiger charge is -2.32. The number of aromatic nitrogens is 1. The van der Waals surface area contributed by atoms with Crippen molar-refractivity contribution in [2.45, 2.75) is 25.2 Å². The minimum Gasteiger partial charge on any atom is -0.341 e. The molecule has 2 heterocycles. The molecule has 3 rings (SSSR count). The molecule has 1 saturated heterocycles. The molecule has 1 aromatic carbocycles. The van der Waals surface area contributed by atoms with E-state index < -0.39 is 10.0 Å². The van der Waals surface area contributed by atoms with Gasteiger partial charge in [-0.05, 0) is 42.7 Å². The summed E-state index contributed by atoms with van der Waals surface area (Å²) in [5.41, 5.74) is 3.09. The Morgan fingerprint density at radius 2 is 2.00 bits per heavy atom. The van der Waals surface area contributed by atoms with E-state index in [1.807, 2.05) is 42.5 Å². The van der Waals surface area contributed by atoms with Crippen LogP contribution in [0.2, 0.25) is 5.02 Å². The molecule has 1 N–H and O–H groups in total. The topological polar surface area (TPSA) is 79.4 Å². The van der Waals surface area contributed by atoms with Crippen LogP contribution in [0.5, 0.6) is 0 Å². The molecule has 150 valence electrons. The number of halogens is 1. The number of carbonyl (C=O) groups excluding carboxylic acids is 1. The normalized spacial score (nSPS) is 17.5. The van der Waals surface area contributed by atoms with Crippen LogP contribution < -0.4 is 4.72 Å². The molecule has 0 radical (unpaired) electrons. The molecule has 1 unspecified atom stereocenters. The number of pyridine rings is 1. The number of hydrogen-bond acceptors (Lipinski definition) is 4. The van der Waals surface area contributed by atoms with Gasteiger partial charge in [0, 0.05) is 41.8 Å². The van der Waals surface area contributed by atoms with Gasteiger partial charge in [-0.25, -0.2) is 13.1 Å². The van der Waals surface area contributed by atoms with Gasteiger partial charge >= 0.3 is 0 Å². The van der Waals surface area contributed by atoms with Gasteiger partial charge in [0.15, 0.2) is 0 Å². The SMILES string of the molecule is CS(=O)(=O)NCC(=O)N1CCCC(c2cccc(Cc3ccc(Cl)cc3)n2)C1. The van der Waals surface area contributed by atoms with Crippen molar-refractivity contribution in [2.75, 3.05) is 25.9 Å². The van der Waals surface area contributed by atoms with Gasteiger partial charge < -0.3 is 4.90 Å². The average molecular weight is 422 g/mol. The predicted molar refractivity (Wildman–Crippen MR) is 110 cm³/mol. The van der Waals surface area contributed by atoms with Gasteiger partial charge in [0.1, 0.15) is 0 Å². The van der Waals surface area contributed by atoms with Crippen LogP contribution in [0.4, 0.5) is 0 Å². The summed E-state index contributed by atoms with van der Waals surface area (Å²) < 4.78 is 24.7. The first-order valence-electron chi connectivity index (χ1n) is 9.23.